The van der Waals surface area contributed by atoms with Crippen molar-refractivity contribution in [3.05, 3.63) is 0 Å². The van der Waals surface area contributed by atoms with Crippen LogP contribution in [0.25, 0.3) is 0 Å². The van der Waals surface area contributed by atoms with Crippen LogP contribution < -0.4 is 5.32 Å². The van der Waals surface area contributed by atoms with Gasteiger partial charge in [-0.15, -0.1) is 0 Å². The van der Waals surface area contributed by atoms with Crippen LogP contribution >= 0.6 is 0 Å². The number of carbonyl (C=O) groups excluding carboxylic acids is 1. The highest BCUT2D eigenvalue weighted by molar-refractivity contribution is 5.79. The summed E-state index contributed by atoms with van der Waals surface area (Å²) in [6.07, 6.45) is 2.77. The third kappa shape index (κ3) is 3.80. The summed E-state index contributed by atoms with van der Waals surface area (Å²) in [5, 5.41) is 12.0. The van der Waals surface area contributed by atoms with Crippen LogP contribution in [0.3, 0.4) is 0 Å². The molecule has 0 saturated carbocycles. The van der Waals surface area contributed by atoms with E-state index in [0.717, 1.165) is 32.5 Å². The van der Waals surface area contributed by atoms with E-state index < -0.39 is 0 Å². The summed E-state index contributed by atoms with van der Waals surface area (Å²) in [5.74, 6) is 0.399. The van der Waals surface area contributed by atoms with E-state index in [1.165, 1.54) is 0 Å². The maximum Gasteiger partial charge on any atom is 0.226 e. The molecule has 1 fully saturated rings. The predicted molar refractivity (Wildman–Crippen MR) is 59.6 cm³/mol. The Morgan fingerprint density at radius 3 is 2.93 bits per heavy atom. The molecule has 0 aromatic rings. The van der Waals surface area contributed by atoms with Crippen molar-refractivity contribution in [2.45, 2.75) is 26.2 Å². The molecule has 0 bridgehead atoms. The van der Waals surface area contributed by atoms with E-state index in [-0.39, 0.29) is 18.4 Å². The number of hydrogen-bond acceptors (Lipinski definition) is 3. The smallest absolute Gasteiger partial charge is 0.226 e. The first-order valence-electron chi connectivity index (χ1n) is 5.90. The molecule has 1 aliphatic heterocycles. The largest absolute Gasteiger partial charge is 0.396 e. The van der Waals surface area contributed by atoms with E-state index >= 15 is 0 Å². The van der Waals surface area contributed by atoms with Gasteiger partial charge >= 0.3 is 0 Å². The zero-order valence-corrected chi connectivity index (χ0v) is 9.54. The van der Waals surface area contributed by atoms with Crippen LogP contribution in [0.2, 0.25) is 0 Å². The predicted octanol–water partition coefficient (Wildman–Crippen LogP) is 0.217. The molecule has 2 N–H and O–H groups in total. The minimum Gasteiger partial charge on any atom is -0.396 e. The van der Waals surface area contributed by atoms with E-state index in [0.29, 0.717) is 13.0 Å². The van der Waals surface area contributed by atoms with Crippen LogP contribution in [0.1, 0.15) is 26.2 Å². The molecule has 1 heterocycles. The van der Waals surface area contributed by atoms with Gasteiger partial charge in [-0.3, -0.25) is 4.79 Å². The third-order valence-electron chi connectivity index (χ3n) is 2.93. The lowest BCUT2D eigenvalue weighted by molar-refractivity contribution is -0.136. The molecule has 1 amide bonds. The second kappa shape index (κ2) is 6.80. The number of nitrogens with one attached hydrogen (secondary N) is 1. The van der Waals surface area contributed by atoms with Gasteiger partial charge in [-0.1, -0.05) is 0 Å². The Kier molecular flexibility index (Phi) is 5.65. The summed E-state index contributed by atoms with van der Waals surface area (Å²) in [5.41, 5.74) is 0. The molecule has 4 nitrogen and oxygen atoms in total. The summed E-state index contributed by atoms with van der Waals surface area (Å²) in [6.45, 7) is 5.43. The Labute approximate surface area is 91.6 Å². The Hall–Kier alpha value is -0.610. The lowest BCUT2D eigenvalue weighted by atomic mass is 9.98. The van der Waals surface area contributed by atoms with Crippen LogP contribution in [-0.4, -0.2) is 48.7 Å². The van der Waals surface area contributed by atoms with Crippen LogP contribution in [0.15, 0.2) is 0 Å². The van der Waals surface area contributed by atoms with Crippen molar-refractivity contribution in [1.82, 2.24) is 10.2 Å². The molecule has 0 unspecified atom stereocenters. The van der Waals surface area contributed by atoms with Gasteiger partial charge in [0.2, 0.25) is 5.91 Å². The maximum atomic E-state index is 12.0. The highest BCUT2D eigenvalue weighted by Crippen LogP contribution is 2.13. The maximum absolute atomic E-state index is 12.0. The van der Waals surface area contributed by atoms with Crippen molar-refractivity contribution in [2.24, 2.45) is 5.92 Å². The average molecular weight is 214 g/mol. The molecule has 15 heavy (non-hydrogen) atoms. The summed E-state index contributed by atoms with van der Waals surface area (Å²) in [7, 11) is 0. The molecular formula is C11H22N2O2. The first-order valence-corrected chi connectivity index (χ1v) is 5.90. The second-order valence-electron chi connectivity index (χ2n) is 4.04. The molecule has 1 aliphatic rings. The quantitative estimate of drug-likeness (QED) is 0.688. The minimum atomic E-state index is 0.150. The van der Waals surface area contributed by atoms with Crippen molar-refractivity contribution in [3.63, 3.8) is 0 Å². The molecular weight excluding hydrogens is 192 g/mol. The van der Waals surface area contributed by atoms with Crippen molar-refractivity contribution in [1.29, 1.82) is 0 Å². The van der Waals surface area contributed by atoms with Crippen LogP contribution in [0.5, 0.6) is 0 Å². The van der Waals surface area contributed by atoms with Gasteiger partial charge in [-0.05, 0) is 32.7 Å². The third-order valence-corrected chi connectivity index (χ3v) is 2.93. The minimum absolute atomic E-state index is 0.150. The number of hydrogen-bond donors (Lipinski definition) is 2. The van der Waals surface area contributed by atoms with Gasteiger partial charge in [-0.2, -0.15) is 0 Å². The number of aliphatic hydroxyl groups is 1. The lowest BCUT2D eigenvalue weighted by Crippen LogP contribution is -2.43. The summed E-state index contributed by atoms with van der Waals surface area (Å²) in [4.78, 5) is 13.9. The number of carbonyl (C=O) groups is 1. The number of aliphatic hydroxyl groups excluding tert-OH is 1. The Morgan fingerprint density at radius 1 is 1.60 bits per heavy atom. The van der Waals surface area contributed by atoms with Crippen molar-refractivity contribution >= 4 is 5.91 Å². The summed E-state index contributed by atoms with van der Waals surface area (Å²) >= 11 is 0. The fraction of sp³-hybridized carbons (Fsp3) is 0.909. The monoisotopic (exact) mass is 214 g/mol. The molecule has 88 valence electrons. The van der Waals surface area contributed by atoms with Crippen LogP contribution in [0.4, 0.5) is 0 Å². The Bertz CT molecular complexity index is 191. The number of amides is 1. The molecule has 0 spiro atoms. The van der Waals surface area contributed by atoms with E-state index in [1.807, 2.05) is 11.8 Å². The van der Waals surface area contributed by atoms with Gasteiger partial charge in [0.15, 0.2) is 0 Å². The Balaban J connectivity index is 2.40. The van der Waals surface area contributed by atoms with Crippen molar-refractivity contribution in [2.75, 3.05) is 32.8 Å². The van der Waals surface area contributed by atoms with E-state index in [4.69, 9.17) is 5.11 Å². The topological polar surface area (TPSA) is 52.6 Å². The van der Waals surface area contributed by atoms with Crippen molar-refractivity contribution < 1.29 is 9.90 Å². The molecule has 0 radical (unpaired) electrons. The van der Waals surface area contributed by atoms with Crippen LogP contribution in [-0.2, 0) is 4.79 Å². The van der Waals surface area contributed by atoms with E-state index in [9.17, 15) is 4.79 Å². The lowest BCUT2D eigenvalue weighted by Gasteiger charge is -2.28. The first kappa shape index (κ1) is 12.5. The van der Waals surface area contributed by atoms with Crippen molar-refractivity contribution in [3.8, 4) is 0 Å². The molecule has 1 rings (SSSR count). The van der Waals surface area contributed by atoms with E-state index in [1.54, 1.807) is 0 Å². The molecule has 0 aliphatic carbocycles. The zero-order chi connectivity index (χ0) is 11.1. The molecule has 0 aromatic heterocycles. The SMILES string of the molecule is CCN(CCCO)C(=O)[C@@H]1CCCNC1. The van der Waals surface area contributed by atoms with Gasteiger partial charge in [-0.25, -0.2) is 0 Å². The number of rotatable bonds is 5. The fourth-order valence-electron chi connectivity index (χ4n) is 2.01. The van der Waals surface area contributed by atoms with E-state index in [2.05, 4.69) is 5.32 Å². The zero-order valence-electron chi connectivity index (χ0n) is 9.54. The molecule has 4 heteroatoms. The fourth-order valence-corrected chi connectivity index (χ4v) is 2.01. The highest BCUT2D eigenvalue weighted by Gasteiger charge is 2.24. The molecule has 1 atom stereocenters. The first-order chi connectivity index (χ1) is 7.29. The van der Waals surface area contributed by atoms with Gasteiger partial charge in [0.1, 0.15) is 0 Å². The standard InChI is InChI=1S/C11H22N2O2/c1-2-13(7-4-8-14)11(15)10-5-3-6-12-9-10/h10,12,14H,2-9H2,1H3/t10-/m1/s1. The highest BCUT2D eigenvalue weighted by atomic mass is 16.3. The summed E-state index contributed by atoms with van der Waals surface area (Å²) in [6, 6.07) is 0. The Morgan fingerprint density at radius 2 is 2.40 bits per heavy atom. The number of nitrogens with zero attached hydrogens (tertiary/aromatic N) is 1. The molecule has 0 aromatic carbocycles. The number of piperidine rings is 1. The van der Waals surface area contributed by atoms with Gasteiger partial charge in [0.05, 0.1) is 5.92 Å². The van der Waals surface area contributed by atoms with Gasteiger partial charge in [0.25, 0.3) is 0 Å². The summed E-state index contributed by atoms with van der Waals surface area (Å²) < 4.78 is 0. The molecule has 1 saturated heterocycles. The van der Waals surface area contributed by atoms with Gasteiger partial charge < -0.3 is 15.3 Å². The second-order valence-corrected chi connectivity index (χ2v) is 4.04. The average Bonchev–Trinajstić information content (AvgIpc) is 2.31. The normalized spacial score (nSPS) is 21.3. The van der Waals surface area contributed by atoms with Crippen LogP contribution in [0, 0.1) is 5.92 Å². The van der Waals surface area contributed by atoms with Gasteiger partial charge in [0, 0.05) is 26.2 Å².